The number of nitrogens with one attached hydrogen (secondary N) is 1. The van der Waals surface area contributed by atoms with Gasteiger partial charge in [-0.15, -0.1) is 0 Å². The highest BCUT2D eigenvalue weighted by molar-refractivity contribution is 5.89. The molecule has 1 heterocycles. The van der Waals surface area contributed by atoms with Gasteiger partial charge in [0, 0.05) is 17.5 Å². The first-order valence-electron chi connectivity index (χ1n) is 7.18. The lowest BCUT2D eigenvalue weighted by Crippen LogP contribution is -2.41. The average molecular weight is 319 g/mol. The van der Waals surface area contributed by atoms with Crippen molar-refractivity contribution in [3.8, 4) is 5.75 Å². The van der Waals surface area contributed by atoms with Gasteiger partial charge in [-0.05, 0) is 24.1 Å². The molecule has 1 aromatic heterocycles. The molecule has 0 saturated carbocycles. The molecule has 0 spiro atoms. The number of carbonyl (C=O) groups is 2. The highest BCUT2D eigenvalue weighted by atomic mass is 16.4. The Bertz CT molecular complexity index is 795. The fraction of sp³-hybridized carbons (Fsp3) is 0.312. The lowest BCUT2D eigenvalue weighted by Gasteiger charge is -2.13. The molecule has 0 bridgehead atoms. The lowest BCUT2D eigenvalue weighted by atomic mass is 10.1. The van der Waals surface area contributed by atoms with Crippen LogP contribution in [-0.2, 0) is 16.0 Å². The normalized spacial score (nSPS) is 12.0. The van der Waals surface area contributed by atoms with E-state index in [1.165, 1.54) is 24.3 Å². The van der Waals surface area contributed by atoms with Crippen LogP contribution in [0.25, 0.3) is 11.0 Å². The van der Waals surface area contributed by atoms with Gasteiger partial charge in [-0.3, -0.25) is 4.79 Å². The Morgan fingerprint density at radius 1 is 1.30 bits per heavy atom. The summed E-state index contributed by atoms with van der Waals surface area (Å²) >= 11 is 0. The number of carboxylic acid groups (broad SMARTS) is 1. The summed E-state index contributed by atoms with van der Waals surface area (Å²) in [4.78, 5) is 34.7. The van der Waals surface area contributed by atoms with Crippen LogP contribution in [0, 0.1) is 0 Å². The van der Waals surface area contributed by atoms with Gasteiger partial charge in [0.15, 0.2) is 0 Å². The van der Waals surface area contributed by atoms with Crippen molar-refractivity contribution in [2.75, 3.05) is 0 Å². The molecule has 0 aliphatic heterocycles. The maximum atomic E-state index is 12.1. The number of hydrogen-bond acceptors (Lipinski definition) is 5. The van der Waals surface area contributed by atoms with Gasteiger partial charge in [0.05, 0.1) is 6.42 Å². The van der Waals surface area contributed by atoms with Gasteiger partial charge in [0.2, 0.25) is 5.91 Å². The van der Waals surface area contributed by atoms with Crippen LogP contribution >= 0.6 is 0 Å². The first-order valence-corrected chi connectivity index (χ1v) is 7.18. The van der Waals surface area contributed by atoms with E-state index in [-0.39, 0.29) is 17.8 Å². The largest absolute Gasteiger partial charge is 0.508 e. The number of benzene rings is 1. The van der Waals surface area contributed by atoms with Crippen LogP contribution < -0.4 is 10.9 Å². The molecule has 1 amide bonds. The first-order chi connectivity index (χ1) is 10.9. The minimum Gasteiger partial charge on any atom is -0.508 e. The molecule has 1 atom stereocenters. The molecule has 7 nitrogen and oxygen atoms in total. The number of fused-ring (bicyclic) bond motifs is 1. The van der Waals surface area contributed by atoms with Crippen molar-refractivity contribution in [2.45, 2.75) is 32.2 Å². The molecule has 0 radical (unpaired) electrons. The molecule has 0 aliphatic rings. The second-order valence-corrected chi connectivity index (χ2v) is 5.19. The summed E-state index contributed by atoms with van der Waals surface area (Å²) in [6.07, 6.45) is 0.793. The van der Waals surface area contributed by atoms with Crippen molar-refractivity contribution in [3.05, 3.63) is 40.2 Å². The Kier molecular flexibility index (Phi) is 5.00. The number of rotatable bonds is 6. The molecule has 0 aliphatic carbocycles. The zero-order valence-electron chi connectivity index (χ0n) is 12.5. The minimum absolute atomic E-state index is 0.0591. The SMILES string of the molecule is CCC[C@H](NC(=O)Cc1cc(=O)oc2cc(O)ccc12)C(=O)O. The summed E-state index contributed by atoms with van der Waals surface area (Å²) in [5, 5.41) is 21.4. The standard InChI is InChI=1S/C16H17NO6/c1-2-3-12(16(21)22)17-14(19)6-9-7-15(20)23-13-8-10(18)4-5-11(9)13/h4-5,7-8,12,18H,2-3,6H2,1H3,(H,17,19)(H,21,22)/t12-/m0/s1. The number of amides is 1. The van der Waals surface area contributed by atoms with Gasteiger partial charge in [0.25, 0.3) is 0 Å². The third-order valence-corrected chi connectivity index (χ3v) is 3.38. The van der Waals surface area contributed by atoms with Crippen LogP contribution in [0.5, 0.6) is 5.75 Å². The summed E-state index contributed by atoms with van der Waals surface area (Å²) in [5.74, 6) is -1.65. The molecule has 1 aromatic carbocycles. The number of phenols is 1. The Hall–Kier alpha value is -2.83. The van der Waals surface area contributed by atoms with E-state index >= 15 is 0 Å². The van der Waals surface area contributed by atoms with Gasteiger partial charge < -0.3 is 19.9 Å². The number of carbonyl (C=O) groups excluding carboxylic acids is 1. The summed E-state index contributed by atoms with van der Waals surface area (Å²) in [6.45, 7) is 1.82. The van der Waals surface area contributed by atoms with Gasteiger partial charge in [-0.1, -0.05) is 13.3 Å². The first kappa shape index (κ1) is 16.5. The number of aromatic hydroxyl groups is 1. The Morgan fingerprint density at radius 2 is 2.04 bits per heavy atom. The smallest absolute Gasteiger partial charge is 0.336 e. The second kappa shape index (κ2) is 6.95. The summed E-state index contributed by atoms with van der Waals surface area (Å²) < 4.78 is 4.98. The Balaban J connectivity index is 2.25. The predicted molar refractivity (Wildman–Crippen MR) is 82.3 cm³/mol. The zero-order chi connectivity index (χ0) is 17.0. The van der Waals surface area contributed by atoms with Gasteiger partial charge in [-0.2, -0.15) is 0 Å². The molecule has 0 unspecified atom stereocenters. The third kappa shape index (κ3) is 4.09. The Labute approximate surface area is 131 Å². The van der Waals surface area contributed by atoms with Gasteiger partial charge in [0.1, 0.15) is 17.4 Å². The molecule has 23 heavy (non-hydrogen) atoms. The van der Waals surface area contributed by atoms with Crippen LogP contribution in [0.15, 0.2) is 33.5 Å². The maximum Gasteiger partial charge on any atom is 0.336 e. The molecule has 0 fully saturated rings. The van der Waals surface area contributed by atoms with E-state index in [1.54, 1.807) is 0 Å². The van der Waals surface area contributed by atoms with E-state index in [1.807, 2.05) is 6.92 Å². The quantitative estimate of drug-likeness (QED) is 0.693. The number of phenolic OH excluding ortho intramolecular Hbond substituents is 1. The topological polar surface area (TPSA) is 117 Å². The maximum absolute atomic E-state index is 12.1. The molecule has 3 N–H and O–H groups in total. The summed E-state index contributed by atoms with van der Waals surface area (Å²) in [6, 6.07) is 4.48. The summed E-state index contributed by atoms with van der Waals surface area (Å²) in [7, 11) is 0. The van der Waals surface area contributed by atoms with E-state index < -0.39 is 23.5 Å². The van der Waals surface area contributed by atoms with Crippen LogP contribution in [0.4, 0.5) is 0 Å². The van der Waals surface area contributed by atoms with Gasteiger partial charge in [-0.25, -0.2) is 9.59 Å². The predicted octanol–water partition coefficient (Wildman–Crippen LogP) is 1.41. The number of carboxylic acids is 1. The average Bonchev–Trinajstić information content (AvgIpc) is 2.45. The zero-order valence-corrected chi connectivity index (χ0v) is 12.5. The van der Waals surface area contributed by atoms with Crippen LogP contribution in [0.2, 0.25) is 0 Å². The van der Waals surface area contributed by atoms with Crippen LogP contribution in [0.1, 0.15) is 25.3 Å². The molecule has 0 saturated heterocycles. The molecule has 2 rings (SSSR count). The van der Waals surface area contributed by atoms with E-state index in [0.29, 0.717) is 23.8 Å². The number of aliphatic carboxylic acids is 1. The number of hydrogen-bond donors (Lipinski definition) is 3. The highest BCUT2D eigenvalue weighted by Crippen LogP contribution is 2.22. The molecule has 7 heteroatoms. The minimum atomic E-state index is -1.09. The van der Waals surface area contributed by atoms with Crippen molar-refractivity contribution in [3.63, 3.8) is 0 Å². The van der Waals surface area contributed by atoms with Crippen molar-refractivity contribution >= 4 is 22.8 Å². The monoisotopic (exact) mass is 319 g/mol. The molecule has 122 valence electrons. The fourth-order valence-electron chi connectivity index (χ4n) is 2.33. The Morgan fingerprint density at radius 3 is 2.70 bits per heavy atom. The van der Waals surface area contributed by atoms with Crippen molar-refractivity contribution in [2.24, 2.45) is 0 Å². The van der Waals surface area contributed by atoms with E-state index in [0.717, 1.165) is 0 Å². The van der Waals surface area contributed by atoms with Crippen LogP contribution in [0.3, 0.4) is 0 Å². The molecule has 2 aromatic rings. The third-order valence-electron chi connectivity index (χ3n) is 3.38. The van der Waals surface area contributed by atoms with Crippen LogP contribution in [-0.4, -0.2) is 28.1 Å². The van der Waals surface area contributed by atoms with E-state index in [9.17, 15) is 19.5 Å². The second-order valence-electron chi connectivity index (χ2n) is 5.19. The fourth-order valence-corrected chi connectivity index (χ4v) is 2.33. The van der Waals surface area contributed by atoms with Gasteiger partial charge >= 0.3 is 11.6 Å². The molecular formula is C16H17NO6. The lowest BCUT2D eigenvalue weighted by molar-refractivity contribution is -0.141. The molecular weight excluding hydrogens is 302 g/mol. The van der Waals surface area contributed by atoms with E-state index in [2.05, 4.69) is 5.32 Å². The highest BCUT2D eigenvalue weighted by Gasteiger charge is 2.19. The van der Waals surface area contributed by atoms with E-state index in [4.69, 9.17) is 9.52 Å². The van der Waals surface area contributed by atoms with Crippen molar-refractivity contribution in [1.29, 1.82) is 0 Å². The van der Waals surface area contributed by atoms with Crippen molar-refractivity contribution in [1.82, 2.24) is 5.32 Å². The summed E-state index contributed by atoms with van der Waals surface area (Å²) in [5.41, 5.74) is -0.0627. The van der Waals surface area contributed by atoms with Crippen molar-refractivity contribution < 1.29 is 24.2 Å².